The first-order valence-corrected chi connectivity index (χ1v) is 4.19. The van der Waals surface area contributed by atoms with E-state index in [1.165, 1.54) is 12.1 Å². The van der Waals surface area contributed by atoms with Gasteiger partial charge in [0.05, 0.1) is 4.92 Å². The Morgan fingerprint density at radius 2 is 2.31 bits per heavy atom. The van der Waals surface area contributed by atoms with Gasteiger partial charge in [-0.25, -0.2) is 0 Å². The second-order valence-corrected chi connectivity index (χ2v) is 2.85. The summed E-state index contributed by atoms with van der Waals surface area (Å²) in [7, 11) is 0. The Bertz CT molecular complexity index is 478. The van der Waals surface area contributed by atoms with Crippen molar-refractivity contribution in [1.82, 2.24) is 0 Å². The van der Waals surface area contributed by atoms with Crippen molar-refractivity contribution in [2.75, 3.05) is 11.9 Å². The summed E-state index contributed by atoms with van der Waals surface area (Å²) >= 11 is 0. The first kappa shape index (κ1) is 11.5. The van der Waals surface area contributed by atoms with Crippen LogP contribution in [0.3, 0.4) is 0 Å². The summed E-state index contributed by atoms with van der Waals surface area (Å²) < 4.78 is 0. The highest BCUT2D eigenvalue weighted by Crippen LogP contribution is 2.22. The van der Waals surface area contributed by atoms with Gasteiger partial charge in [-0.1, -0.05) is 0 Å². The quantitative estimate of drug-likeness (QED) is 0.577. The second kappa shape index (κ2) is 4.75. The molecule has 0 aliphatic heterocycles. The van der Waals surface area contributed by atoms with Crippen LogP contribution < -0.4 is 5.32 Å². The van der Waals surface area contributed by atoms with E-state index in [9.17, 15) is 14.9 Å². The molecule has 0 unspecified atom stereocenters. The van der Waals surface area contributed by atoms with Gasteiger partial charge in [-0.3, -0.25) is 14.9 Å². The van der Waals surface area contributed by atoms with E-state index in [1.807, 2.05) is 0 Å². The summed E-state index contributed by atoms with van der Waals surface area (Å²) in [6, 6.07) is 5.49. The van der Waals surface area contributed by atoms with Crippen LogP contribution in [0.15, 0.2) is 18.2 Å². The van der Waals surface area contributed by atoms with Crippen LogP contribution in [0.4, 0.5) is 11.4 Å². The zero-order valence-corrected chi connectivity index (χ0v) is 8.01. The van der Waals surface area contributed by atoms with E-state index in [-0.39, 0.29) is 23.5 Å². The molecule has 0 fully saturated rings. The van der Waals surface area contributed by atoms with Crippen LogP contribution in [-0.2, 0) is 4.79 Å². The van der Waals surface area contributed by atoms with Gasteiger partial charge < -0.3 is 10.4 Å². The lowest BCUT2D eigenvalue weighted by atomic mass is 10.2. The molecule has 0 amide bonds. The highest BCUT2D eigenvalue weighted by atomic mass is 16.6. The van der Waals surface area contributed by atoms with Crippen LogP contribution in [0.5, 0.6) is 0 Å². The molecule has 1 rings (SSSR count). The number of hydrogen-bond acceptors (Lipinski definition) is 5. The minimum absolute atomic E-state index is 0.0640. The fourth-order valence-corrected chi connectivity index (χ4v) is 1.06. The van der Waals surface area contributed by atoms with E-state index < -0.39 is 10.9 Å². The van der Waals surface area contributed by atoms with Crippen LogP contribution in [0.25, 0.3) is 0 Å². The summed E-state index contributed by atoms with van der Waals surface area (Å²) in [6.07, 6.45) is 0. The van der Waals surface area contributed by atoms with E-state index in [0.29, 0.717) is 0 Å². The lowest BCUT2D eigenvalue weighted by Gasteiger charge is -2.03. The molecule has 0 atom stereocenters. The largest absolute Gasteiger partial charge is 0.480 e. The van der Waals surface area contributed by atoms with Crippen molar-refractivity contribution < 1.29 is 14.8 Å². The van der Waals surface area contributed by atoms with Gasteiger partial charge in [-0.15, -0.1) is 0 Å². The van der Waals surface area contributed by atoms with Crippen LogP contribution in [0.1, 0.15) is 5.56 Å². The summed E-state index contributed by atoms with van der Waals surface area (Å²) in [4.78, 5) is 20.2. The third-order valence-electron chi connectivity index (χ3n) is 1.76. The predicted octanol–water partition coefficient (Wildman–Crippen LogP) is 0.963. The summed E-state index contributed by atoms with van der Waals surface area (Å²) in [6.45, 7) is -0.344. The van der Waals surface area contributed by atoms with Gasteiger partial charge in [0.2, 0.25) is 0 Å². The molecule has 1 aromatic carbocycles. The van der Waals surface area contributed by atoms with Crippen molar-refractivity contribution in [3.8, 4) is 6.07 Å². The first-order chi connectivity index (χ1) is 7.54. The average Bonchev–Trinajstić information content (AvgIpc) is 2.25. The molecule has 0 aliphatic rings. The van der Waals surface area contributed by atoms with Gasteiger partial charge in [-0.2, -0.15) is 5.26 Å². The molecule has 0 heterocycles. The van der Waals surface area contributed by atoms with Crippen molar-refractivity contribution in [1.29, 1.82) is 5.26 Å². The third kappa shape index (κ3) is 2.68. The number of anilines is 1. The average molecular weight is 221 g/mol. The van der Waals surface area contributed by atoms with Crippen LogP contribution >= 0.6 is 0 Å². The molecule has 0 spiro atoms. The van der Waals surface area contributed by atoms with Crippen LogP contribution in [-0.4, -0.2) is 22.5 Å². The molecule has 16 heavy (non-hydrogen) atoms. The molecule has 0 saturated heterocycles. The highest BCUT2D eigenvalue weighted by molar-refractivity contribution is 5.73. The maximum absolute atomic E-state index is 10.6. The maximum Gasteiger partial charge on any atom is 0.322 e. The molecule has 0 saturated carbocycles. The molecular formula is C9H7N3O4. The first-order valence-electron chi connectivity index (χ1n) is 4.19. The Kier molecular flexibility index (Phi) is 3.40. The van der Waals surface area contributed by atoms with E-state index in [2.05, 4.69) is 5.32 Å². The number of nitro groups is 1. The van der Waals surface area contributed by atoms with Gasteiger partial charge in [-0.05, 0) is 12.1 Å². The summed E-state index contributed by atoms with van der Waals surface area (Å²) in [5, 5.41) is 30.1. The Labute approximate surface area is 90.1 Å². The number of carboxylic acids is 1. The van der Waals surface area contributed by atoms with E-state index >= 15 is 0 Å². The molecule has 7 nitrogen and oxygen atoms in total. The van der Waals surface area contributed by atoms with Crippen molar-refractivity contribution in [3.05, 3.63) is 33.9 Å². The van der Waals surface area contributed by atoms with Gasteiger partial charge in [0.15, 0.2) is 0 Å². The van der Waals surface area contributed by atoms with Crippen molar-refractivity contribution in [3.63, 3.8) is 0 Å². The van der Waals surface area contributed by atoms with Crippen molar-refractivity contribution in [2.24, 2.45) is 0 Å². The zero-order valence-electron chi connectivity index (χ0n) is 8.01. The standard InChI is InChI=1S/C9H7N3O4/c10-4-6-1-2-7(11-5-9(13)14)3-8(6)12(15)16/h1-3,11H,5H2,(H,13,14). The number of hydrogen-bond donors (Lipinski definition) is 2. The number of nitrogens with one attached hydrogen (secondary N) is 1. The third-order valence-corrected chi connectivity index (χ3v) is 1.76. The molecule has 0 aliphatic carbocycles. The second-order valence-electron chi connectivity index (χ2n) is 2.85. The van der Waals surface area contributed by atoms with Gasteiger partial charge in [0.25, 0.3) is 5.69 Å². The normalized spacial score (nSPS) is 9.19. The Morgan fingerprint density at radius 1 is 1.62 bits per heavy atom. The molecule has 0 bridgehead atoms. The molecule has 7 heteroatoms. The highest BCUT2D eigenvalue weighted by Gasteiger charge is 2.14. The Hall–Kier alpha value is -2.62. The van der Waals surface area contributed by atoms with Crippen LogP contribution in [0, 0.1) is 21.4 Å². The minimum Gasteiger partial charge on any atom is -0.480 e. The monoisotopic (exact) mass is 221 g/mol. The van der Waals surface area contributed by atoms with Gasteiger partial charge in [0, 0.05) is 11.8 Å². The van der Waals surface area contributed by atoms with E-state index in [4.69, 9.17) is 10.4 Å². The SMILES string of the molecule is N#Cc1ccc(NCC(=O)O)cc1[N+](=O)[O-]. The molecule has 0 aromatic heterocycles. The van der Waals surface area contributed by atoms with Crippen LogP contribution in [0.2, 0.25) is 0 Å². The summed E-state index contributed by atoms with van der Waals surface area (Å²) in [5.74, 6) is -1.08. The van der Waals surface area contributed by atoms with Gasteiger partial charge in [0.1, 0.15) is 18.2 Å². The molecule has 2 N–H and O–H groups in total. The Balaban J connectivity index is 2.99. The van der Waals surface area contributed by atoms with Crippen molar-refractivity contribution in [2.45, 2.75) is 0 Å². The number of rotatable bonds is 4. The number of nitrogens with zero attached hydrogens (tertiary/aromatic N) is 2. The van der Waals surface area contributed by atoms with E-state index in [1.54, 1.807) is 6.07 Å². The number of benzene rings is 1. The zero-order chi connectivity index (χ0) is 12.1. The molecular weight excluding hydrogens is 214 g/mol. The summed E-state index contributed by atoms with van der Waals surface area (Å²) in [5.41, 5.74) is -0.128. The van der Waals surface area contributed by atoms with Crippen molar-refractivity contribution >= 4 is 17.3 Å². The van der Waals surface area contributed by atoms with Gasteiger partial charge >= 0.3 is 5.97 Å². The fourth-order valence-electron chi connectivity index (χ4n) is 1.06. The number of carboxylic acid groups (broad SMARTS) is 1. The number of nitro benzene ring substituents is 1. The lowest BCUT2D eigenvalue weighted by molar-refractivity contribution is -0.385. The fraction of sp³-hybridized carbons (Fsp3) is 0.111. The molecule has 0 radical (unpaired) electrons. The topological polar surface area (TPSA) is 116 Å². The molecule has 1 aromatic rings. The molecule has 82 valence electrons. The smallest absolute Gasteiger partial charge is 0.322 e. The number of aliphatic carboxylic acids is 1. The maximum atomic E-state index is 10.6. The lowest BCUT2D eigenvalue weighted by Crippen LogP contribution is -2.12. The predicted molar refractivity (Wildman–Crippen MR) is 53.9 cm³/mol. The van der Waals surface area contributed by atoms with E-state index in [0.717, 1.165) is 6.07 Å². The minimum atomic E-state index is -1.08. The number of carbonyl (C=O) groups is 1. The number of nitriles is 1. The Morgan fingerprint density at radius 3 is 2.81 bits per heavy atom.